The molecule has 5 nitrogen and oxygen atoms in total. The van der Waals surface area contributed by atoms with E-state index in [0.29, 0.717) is 11.6 Å². The van der Waals surface area contributed by atoms with Gasteiger partial charge in [0.05, 0.1) is 17.8 Å². The zero-order chi connectivity index (χ0) is 17.7. The van der Waals surface area contributed by atoms with Crippen LogP contribution in [0.5, 0.6) is 0 Å². The van der Waals surface area contributed by atoms with E-state index in [1.807, 2.05) is 0 Å². The van der Waals surface area contributed by atoms with E-state index in [1.165, 1.54) is 4.90 Å². The molecule has 7 heteroatoms. The lowest BCUT2D eigenvalue weighted by Crippen LogP contribution is -2.32. The molecule has 2 heterocycles. The van der Waals surface area contributed by atoms with Crippen molar-refractivity contribution in [3.05, 3.63) is 52.7 Å². The number of aryl methyl sites for hydroxylation is 1. The highest BCUT2D eigenvalue weighted by molar-refractivity contribution is 5.93. The first-order valence-corrected chi connectivity index (χ1v) is 8.35. The van der Waals surface area contributed by atoms with Crippen molar-refractivity contribution < 1.29 is 23.1 Å². The van der Waals surface area contributed by atoms with E-state index in [0.717, 1.165) is 31.0 Å². The second kappa shape index (κ2) is 5.91. The number of likely N-dealkylation sites (tertiary alicyclic amines) is 1. The molecule has 1 saturated heterocycles. The number of β-amino-alcohol motifs (C(OH)–C–C–N with tert-alkyl or cyclic N) is 1. The quantitative estimate of drug-likeness (QED) is 0.926. The average molecular weight is 348 g/mol. The predicted octanol–water partition coefficient (Wildman–Crippen LogP) is 3.09. The van der Waals surface area contributed by atoms with Crippen molar-refractivity contribution in [2.75, 3.05) is 6.54 Å². The summed E-state index contributed by atoms with van der Waals surface area (Å²) in [6, 6.07) is 2.38. The van der Waals surface area contributed by atoms with Crippen molar-refractivity contribution in [3.8, 4) is 0 Å². The zero-order valence-electron chi connectivity index (χ0n) is 13.7. The van der Waals surface area contributed by atoms with Crippen LogP contribution < -0.4 is 0 Å². The van der Waals surface area contributed by atoms with Gasteiger partial charge in [-0.2, -0.15) is 0 Å². The summed E-state index contributed by atoms with van der Waals surface area (Å²) in [5, 5.41) is 10.0. The standard InChI is InChI=1S/C18H18F2N2O3/c1-9-16(25-17(21-9)10-2-3-10)18(24)22-8-12(23)7-15(22)13-6-11(19)4-5-14(13)20/h4-6,10,12,15,23H,2-3,7-8H2,1H3/t12-,15+/m1/s1. The average Bonchev–Trinajstić information content (AvgIpc) is 3.25. The molecule has 132 valence electrons. The van der Waals surface area contributed by atoms with Gasteiger partial charge in [-0.05, 0) is 44.4 Å². The Morgan fingerprint density at radius 2 is 2.12 bits per heavy atom. The number of aliphatic hydroxyl groups is 1. The fourth-order valence-corrected chi connectivity index (χ4v) is 3.35. The molecule has 2 aromatic rings. The van der Waals surface area contributed by atoms with Gasteiger partial charge in [0.15, 0.2) is 5.89 Å². The number of aromatic nitrogens is 1. The summed E-state index contributed by atoms with van der Waals surface area (Å²) in [5.41, 5.74) is 0.538. The first-order chi connectivity index (χ1) is 11.9. The molecule has 1 aromatic heterocycles. The van der Waals surface area contributed by atoms with Crippen LogP contribution in [-0.2, 0) is 0 Å². The first kappa shape index (κ1) is 16.2. The number of hydrogen-bond acceptors (Lipinski definition) is 4. The van der Waals surface area contributed by atoms with Crippen LogP contribution in [0.3, 0.4) is 0 Å². The van der Waals surface area contributed by atoms with Crippen LogP contribution in [0.4, 0.5) is 8.78 Å². The van der Waals surface area contributed by atoms with Crippen molar-refractivity contribution >= 4 is 5.91 Å². The number of benzene rings is 1. The van der Waals surface area contributed by atoms with Crippen molar-refractivity contribution in [2.45, 2.75) is 44.2 Å². The molecule has 2 aliphatic rings. The number of rotatable bonds is 3. The van der Waals surface area contributed by atoms with Crippen LogP contribution in [0.1, 0.15) is 58.9 Å². The molecule has 0 spiro atoms. The van der Waals surface area contributed by atoms with Gasteiger partial charge in [-0.15, -0.1) is 0 Å². The molecule has 1 saturated carbocycles. The van der Waals surface area contributed by atoms with E-state index >= 15 is 0 Å². The van der Waals surface area contributed by atoms with Crippen molar-refractivity contribution in [1.29, 1.82) is 0 Å². The van der Waals surface area contributed by atoms with Crippen LogP contribution in [0, 0.1) is 18.6 Å². The Hall–Kier alpha value is -2.28. The number of amides is 1. The van der Waals surface area contributed by atoms with Crippen LogP contribution >= 0.6 is 0 Å². The second-order valence-corrected chi connectivity index (χ2v) is 6.77. The zero-order valence-corrected chi connectivity index (χ0v) is 13.7. The Balaban J connectivity index is 1.67. The Kier molecular flexibility index (Phi) is 3.83. The predicted molar refractivity (Wildman–Crippen MR) is 84.0 cm³/mol. The molecule has 1 amide bonds. The second-order valence-electron chi connectivity index (χ2n) is 6.77. The smallest absolute Gasteiger partial charge is 0.292 e. The molecule has 25 heavy (non-hydrogen) atoms. The van der Waals surface area contributed by atoms with Crippen molar-refractivity contribution in [1.82, 2.24) is 9.88 Å². The lowest BCUT2D eigenvalue weighted by molar-refractivity contribution is 0.0678. The van der Waals surface area contributed by atoms with Gasteiger partial charge in [0, 0.05) is 18.0 Å². The van der Waals surface area contributed by atoms with Gasteiger partial charge in [0.1, 0.15) is 11.6 Å². The number of aliphatic hydroxyl groups excluding tert-OH is 1. The summed E-state index contributed by atoms with van der Waals surface area (Å²) in [6.07, 6.45) is 1.33. The third-order valence-electron chi connectivity index (χ3n) is 4.79. The van der Waals surface area contributed by atoms with Gasteiger partial charge in [-0.3, -0.25) is 4.79 Å². The van der Waals surface area contributed by atoms with Gasteiger partial charge in [-0.25, -0.2) is 13.8 Å². The van der Waals surface area contributed by atoms with Crippen LogP contribution in [-0.4, -0.2) is 33.5 Å². The Bertz CT molecular complexity index is 832. The molecule has 4 rings (SSSR count). The molecular weight excluding hydrogens is 330 g/mol. The van der Waals surface area contributed by atoms with Gasteiger partial charge in [0.2, 0.25) is 5.76 Å². The van der Waals surface area contributed by atoms with Gasteiger partial charge in [0.25, 0.3) is 5.91 Å². The number of hydrogen-bond donors (Lipinski definition) is 1. The van der Waals surface area contributed by atoms with E-state index in [2.05, 4.69) is 4.98 Å². The molecule has 1 N–H and O–H groups in total. The Labute approximate surface area is 143 Å². The molecule has 2 atom stereocenters. The van der Waals surface area contributed by atoms with Crippen LogP contribution in [0.2, 0.25) is 0 Å². The SMILES string of the molecule is Cc1nc(C2CC2)oc1C(=O)N1C[C@H](O)C[C@H]1c1cc(F)ccc1F. The first-order valence-electron chi connectivity index (χ1n) is 8.35. The number of halogens is 2. The molecule has 0 unspecified atom stereocenters. The topological polar surface area (TPSA) is 66.6 Å². The van der Waals surface area contributed by atoms with E-state index in [4.69, 9.17) is 4.42 Å². The Morgan fingerprint density at radius 3 is 2.84 bits per heavy atom. The third-order valence-corrected chi connectivity index (χ3v) is 4.79. The number of oxazole rings is 1. The van der Waals surface area contributed by atoms with Gasteiger partial charge in [-0.1, -0.05) is 0 Å². The lowest BCUT2D eigenvalue weighted by atomic mass is 10.0. The highest BCUT2D eigenvalue weighted by Crippen LogP contribution is 2.41. The summed E-state index contributed by atoms with van der Waals surface area (Å²) in [5.74, 6) is -0.724. The number of carbonyl (C=O) groups excluding carboxylic acids is 1. The highest BCUT2D eigenvalue weighted by Gasteiger charge is 2.40. The summed E-state index contributed by atoms with van der Waals surface area (Å²) in [6.45, 7) is 1.73. The molecule has 0 radical (unpaired) electrons. The van der Waals surface area contributed by atoms with E-state index < -0.39 is 29.7 Å². The minimum Gasteiger partial charge on any atom is -0.435 e. The summed E-state index contributed by atoms with van der Waals surface area (Å²) >= 11 is 0. The van der Waals surface area contributed by atoms with Crippen LogP contribution in [0.15, 0.2) is 22.6 Å². The molecule has 1 aliphatic carbocycles. The molecule has 0 bridgehead atoms. The van der Waals surface area contributed by atoms with Crippen molar-refractivity contribution in [2.24, 2.45) is 0 Å². The van der Waals surface area contributed by atoms with E-state index in [-0.39, 0.29) is 30.2 Å². The maximum atomic E-state index is 14.2. The maximum Gasteiger partial charge on any atom is 0.292 e. The summed E-state index contributed by atoms with van der Waals surface area (Å²) in [4.78, 5) is 18.6. The van der Waals surface area contributed by atoms with E-state index in [1.54, 1.807) is 6.92 Å². The van der Waals surface area contributed by atoms with Crippen molar-refractivity contribution in [3.63, 3.8) is 0 Å². The fraction of sp³-hybridized carbons (Fsp3) is 0.444. The molecule has 2 fully saturated rings. The normalized spacial score (nSPS) is 23.3. The molecule has 1 aromatic carbocycles. The lowest BCUT2D eigenvalue weighted by Gasteiger charge is -2.24. The summed E-state index contributed by atoms with van der Waals surface area (Å²) in [7, 11) is 0. The summed E-state index contributed by atoms with van der Waals surface area (Å²) < 4.78 is 33.3. The fourth-order valence-electron chi connectivity index (χ4n) is 3.35. The van der Waals surface area contributed by atoms with E-state index in [9.17, 15) is 18.7 Å². The third kappa shape index (κ3) is 2.93. The number of carbonyl (C=O) groups is 1. The molecule has 1 aliphatic heterocycles. The van der Waals surface area contributed by atoms with Gasteiger partial charge < -0.3 is 14.4 Å². The minimum atomic E-state index is -0.803. The monoisotopic (exact) mass is 348 g/mol. The molecular formula is C18H18F2N2O3. The van der Waals surface area contributed by atoms with Gasteiger partial charge >= 0.3 is 0 Å². The highest BCUT2D eigenvalue weighted by atomic mass is 19.1. The Morgan fingerprint density at radius 1 is 1.36 bits per heavy atom. The minimum absolute atomic E-state index is 0.0400. The van der Waals surface area contributed by atoms with Crippen LogP contribution in [0.25, 0.3) is 0 Å². The maximum absolute atomic E-state index is 14.2. The largest absolute Gasteiger partial charge is 0.435 e. The number of nitrogens with zero attached hydrogens (tertiary/aromatic N) is 2.